The Morgan fingerprint density at radius 2 is 1.88 bits per heavy atom. The van der Waals surface area contributed by atoms with Crippen molar-refractivity contribution in [1.29, 1.82) is 0 Å². The van der Waals surface area contributed by atoms with Gasteiger partial charge in [0, 0.05) is 6.04 Å². The quantitative estimate of drug-likeness (QED) is 0.815. The van der Waals surface area contributed by atoms with Gasteiger partial charge in [-0.2, -0.15) is 0 Å². The predicted molar refractivity (Wildman–Crippen MR) is 73.8 cm³/mol. The molecule has 1 N–H and O–H groups in total. The number of benzene rings is 1. The van der Waals surface area contributed by atoms with E-state index in [1.807, 2.05) is 0 Å². The molecule has 0 aromatic heterocycles. The molecule has 0 aliphatic heterocycles. The van der Waals surface area contributed by atoms with E-state index < -0.39 is 0 Å². The number of ether oxygens (including phenoxy) is 1. The molecule has 1 aromatic carbocycles. The highest BCUT2D eigenvalue weighted by molar-refractivity contribution is 5.33. The second kappa shape index (κ2) is 6.65. The average Bonchev–Trinajstić information content (AvgIpc) is 2.30. The SMILES string of the molecule is CCNC(CC)C(C)Oc1ccc(C)c(C)c1. The lowest BCUT2D eigenvalue weighted by Gasteiger charge is -2.24. The minimum atomic E-state index is 0.196. The van der Waals surface area contributed by atoms with Crippen LogP contribution in [-0.4, -0.2) is 18.7 Å². The van der Waals surface area contributed by atoms with Crippen LogP contribution < -0.4 is 10.1 Å². The van der Waals surface area contributed by atoms with E-state index in [9.17, 15) is 0 Å². The average molecular weight is 235 g/mol. The van der Waals surface area contributed by atoms with Crippen LogP contribution in [-0.2, 0) is 0 Å². The third-order valence-electron chi connectivity index (χ3n) is 3.27. The Balaban J connectivity index is 2.66. The lowest BCUT2D eigenvalue weighted by Crippen LogP contribution is -2.40. The van der Waals surface area contributed by atoms with Crippen molar-refractivity contribution in [3.05, 3.63) is 29.3 Å². The van der Waals surface area contributed by atoms with Crippen molar-refractivity contribution >= 4 is 0 Å². The van der Waals surface area contributed by atoms with Crippen LogP contribution in [0.15, 0.2) is 18.2 Å². The first kappa shape index (κ1) is 14.0. The summed E-state index contributed by atoms with van der Waals surface area (Å²) in [5, 5.41) is 3.45. The summed E-state index contributed by atoms with van der Waals surface area (Å²) in [5.74, 6) is 0.969. The number of aryl methyl sites for hydroxylation is 2. The molecule has 0 amide bonds. The molecule has 1 rings (SSSR count). The standard InChI is InChI=1S/C15H25NO/c1-6-15(16-7-2)13(5)17-14-9-8-11(3)12(4)10-14/h8-10,13,15-16H,6-7H2,1-5H3. The molecule has 2 nitrogen and oxygen atoms in total. The fraction of sp³-hybridized carbons (Fsp3) is 0.600. The molecule has 0 saturated heterocycles. The summed E-state index contributed by atoms with van der Waals surface area (Å²) in [6, 6.07) is 6.70. The van der Waals surface area contributed by atoms with Gasteiger partial charge in [-0.05, 0) is 57.0 Å². The molecular formula is C15H25NO. The van der Waals surface area contributed by atoms with Gasteiger partial charge in [0.05, 0.1) is 0 Å². The van der Waals surface area contributed by atoms with Crippen molar-refractivity contribution in [2.45, 2.75) is 53.2 Å². The largest absolute Gasteiger partial charge is 0.489 e. The van der Waals surface area contributed by atoms with Gasteiger partial charge in [-0.15, -0.1) is 0 Å². The van der Waals surface area contributed by atoms with Gasteiger partial charge in [-0.25, -0.2) is 0 Å². The maximum absolute atomic E-state index is 5.99. The summed E-state index contributed by atoms with van der Waals surface area (Å²) in [6.45, 7) is 11.7. The van der Waals surface area contributed by atoms with Gasteiger partial charge in [-0.3, -0.25) is 0 Å². The maximum Gasteiger partial charge on any atom is 0.120 e. The third kappa shape index (κ3) is 4.04. The molecule has 0 aliphatic rings. The van der Waals surface area contributed by atoms with Crippen molar-refractivity contribution in [2.75, 3.05) is 6.54 Å². The zero-order valence-electron chi connectivity index (χ0n) is 11.7. The Kier molecular flexibility index (Phi) is 5.49. The Hall–Kier alpha value is -1.02. The number of rotatable bonds is 6. The number of hydrogen-bond acceptors (Lipinski definition) is 2. The minimum absolute atomic E-state index is 0.196. The Morgan fingerprint density at radius 3 is 2.41 bits per heavy atom. The van der Waals surface area contributed by atoms with E-state index in [4.69, 9.17) is 4.74 Å². The molecule has 0 saturated carbocycles. The highest BCUT2D eigenvalue weighted by Gasteiger charge is 2.15. The van der Waals surface area contributed by atoms with Crippen LogP contribution >= 0.6 is 0 Å². The monoisotopic (exact) mass is 235 g/mol. The van der Waals surface area contributed by atoms with Gasteiger partial charge in [0.25, 0.3) is 0 Å². The van der Waals surface area contributed by atoms with Gasteiger partial charge in [0.2, 0.25) is 0 Å². The highest BCUT2D eigenvalue weighted by Crippen LogP contribution is 2.18. The van der Waals surface area contributed by atoms with Crippen LogP contribution in [0.5, 0.6) is 5.75 Å². The van der Waals surface area contributed by atoms with Crippen molar-refractivity contribution in [1.82, 2.24) is 5.32 Å². The van der Waals surface area contributed by atoms with E-state index in [2.05, 4.69) is 58.1 Å². The third-order valence-corrected chi connectivity index (χ3v) is 3.27. The van der Waals surface area contributed by atoms with Crippen LogP contribution in [0, 0.1) is 13.8 Å². The van der Waals surface area contributed by atoms with E-state index in [1.165, 1.54) is 11.1 Å². The lowest BCUT2D eigenvalue weighted by molar-refractivity contribution is 0.168. The summed E-state index contributed by atoms with van der Waals surface area (Å²) in [6.07, 6.45) is 1.28. The molecule has 0 bridgehead atoms. The molecule has 0 fully saturated rings. The summed E-state index contributed by atoms with van der Waals surface area (Å²) in [5.41, 5.74) is 2.59. The molecule has 17 heavy (non-hydrogen) atoms. The molecule has 0 radical (unpaired) electrons. The highest BCUT2D eigenvalue weighted by atomic mass is 16.5. The molecule has 0 spiro atoms. The predicted octanol–water partition coefficient (Wildman–Crippen LogP) is 3.46. The Morgan fingerprint density at radius 1 is 1.18 bits per heavy atom. The molecule has 0 heterocycles. The molecule has 2 heteroatoms. The van der Waals surface area contributed by atoms with Gasteiger partial charge in [0.15, 0.2) is 0 Å². The van der Waals surface area contributed by atoms with E-state index in [0.717, 1.165) is 18.7 Å². The maximum atomic E-state index is 5.99. The van der Waals surface area contributed by atoms with Crippen LogP contribution in [0.1, 0.15) is 38.3 Å². The van der Waals surface area contributed by atoms with Crippen LogP contribution in [0.25, 0.3) is 0 Å². The zero-order valence-corrected chi connectivity index (χ0v) is 11.7. The second-order valence-electron chi connectivity index (χ2n) is 4.64. The fourth-order valence-corrected chi connectivity index (χ4v) is 1.99. The second-order valence-corrected chi connectivity index (χ2v) is 4.64. The first-order chi connectivity index (χ1) is 8.08. The van der Waals surface area contributed by atoms with Crippen molar-refractivity contribution in [3.8, 4) is 5.75 Å². The van der Waals surface area contributed by atoms with E-state index >= 15 is 0 Å². The Labute approximate surface area is 105 Å². The molecule has 2 unspecified atom stereocenters. The molecule has 96 valence electrons. The van der Waals surface area contributed by atoms with E-state index in [1.54, 1.807) is 0 Å². The number of nitrogens with one attached hydrogen (secondary N) is 1. The van der Waals surface area contributed by atoms with E-state index in [-0.39, 0.29) is 6.10 Å². The zero-order chi connectivity index (χ0) is 12.8. The van der Waals surface area contributed by atoms with Crippen molar-refractivity contribution in [2.24, 2.45) is 0 Å². The summed E-state index contributed by atoms with van der Waals surface area (Å²) in [4.78, 5) is 0. The molecule has 0 aliphatic carbocycles. The van der Waals surface area contributed by atoms with Crippen LogP contribution in [0.3, 0.4) is 0 Å². The van der Waals surface area contributed by atoms with Gasteiger partial charge in [-0.1, -0.05) is 19.9 Å². The van der Waals surface area contributed by atoms with Crippen molar-refractivity contribution in [3.63, 3.8) is 0 Å². The summed E-state index contributed by atoms with van der Waals surface area (Å²) >= 11 is 0. The van der Waals surface area contributed by atoms with Gasteiger partial charge in [0.1, 0.15) is 11.9 Å². The smallest absolute Gasteiger partial charge is 0.120 e. The number of hydrogen-bond donors (Lipinski definition) is 1. The molecule has 1 aromatic rings. The first-order valence-corrected chi connectivity index (χ1v) is 6.55. The first-order valence-electron chi connectivity index (χ1n) is 6.55. The van der Waals surface area contributed by atoms with Gasteiger partial charge >= 0.3 is 0 Å². The normalized spacial score (nSPS) is 14.4. The van der Waals surface area contributed by atoms with E-state index in [0.29, 0.717) is 6.04 Å². The minimum Gasteiger partial charge on any atom is -0.489 e. The van der Waals surface area contributed by atoms with Crippen molar-refractivity contribution < 1.29 is 4.74 Å². The number of likely N-dealkylation sites (N-methyl/N-ethyl adjacent to an activating group) is 1. The fourth-order valence-electron chi connectivity index (χ4n) is 1.99. The van der Waals surface area contributed by atoms with Crippen LogP contribution in [0.4, 0.5) is 0 Å². The van der Waals surface area contributed by atoms with Crippen LogP contribution in [0.2, 0.25) is 0 Å². The summed E-state index contributed by atoms with van der Waals surface area (Å²) in [7, 11) is 0. The van der Waals surface area contributed by atoms with Gasteiger partial charge < -0.3 is 10.1 Å². The Bertz CT molecular complexity index is 349. The lowest BCUT2D eigenvalue weighted by atomic mass is 10.1. The topological polar surface area (TPSA) is 21.3 Å². The molecular weight excluding hydrogens is 210 g/mol. The summed E-state index contributed by atoms with van der Waals surface area (Å²) < 4.78 is 5.99. The molecule has 2 atom stereocenters.